The highest BCUT2D eigenvalue weighted by atomic mass is 32.2. The van der Waals surface area contributed by atoms with E-state index in [1.54, 1.807) is 7.11 Å². The van der Waals surface area contributed by atoms with Gasteiger partial charge in [0.05, 0.1) is 7.11 Å². The van der Waals surface area contributed by atoms with Gasteiger partial charge in [0.1, 0.15) is 5.75 Å². The van der Waals surface area contributed by atoms with Crippen molar-refractivity contribution >= 4 is 11.8 Å². The Morgan fingerprint density at radius 1 is 0.762 bits per heavy atom. The molecule has 1 aromatic rings. The predicted octanol–water partition coefficient (Wildman–Crippen LogP) is 6.71. The Kier molecular flexibility index (Phi) is 11.5. The maximum absolute atomic E-state index is 5.17. The first-order valence-electron chi connectivity index (χ1n) is 8.63. The van der Waals surface area contributed by atoms with Crippen molar-refractivity contribution < 1.29 is 4.74 Å². The fraction of sp³-hybridized carbons (Fsp3) is 0.684. The largest absolute Gasteiger partial charge is 0.497 e. The first-order valence-corrected chi connectivity index (χ1v) is 9.62. The molecule has 0 amide bonds. The molecule has 120 valence electrons. The van der Waals surface area contributed by atoms with Gasteiger partial charge in [0.15, 0.2) is 0 Å². The Bertz CT molecular complexity index is 334. The summed E-state index contributed by atoms with van der Waals surface area (Å²) in [6.07, 6.45) is 14.1. The van der Waals surface area contributed by atoms with Gasteiger partial charge in [-0.25, -0.2) is 0 Å². The van der Waals surface area contributed by atoms with Crippen molar-refractivity contribution in [2.45, 2.75) is 76.0 Å². The monoisotopic (exact) mass is 308 g/mol. The molecule has 0 aliphatic carbocycles. The second-order valence-corrected chi connectivity index (χ2v) is 6.87. The molecule has 0 saturated heterocycles. The van der Waals surface area contributed by atoms with E-state index in [0.29, 0.717) is 0 Å². The Hall–Kier alpha value is -0.630. The molecule has 2 heteroatoms. The molecular weight excluding hydrogens is 276 g/mol. The summed E-state index contributed by atoms with van der Waals surface area (Å²) in [5.74, 6) is 2.18. The summed E-state index contributed by atoms with van der Waals surface area (Å²) in [6, 6.07) is 8.39. The minimum absolute atomic E-state index is 0.943. The van der Waals surface area contributed by atoms with Crippen LogP contribution in [0.5, 0.6) is 5.75 Å². The molecule has 21 heavy (non-hydrogen) atoms. The fourth-order valence-corrected chi connectivity index (χ4v) is 3.36. The zero-order valence-electron chi connectivity index (χ0n) is 13.9. The van der Waals surface area contributed by atoms with Gasteiger partial charge in [-0.15, -0.1) is 11.8 Å². The second-order valence-electron chi connectivity index (χ2n) is 5.71. The zero-order chi connectivity index (χ0) is 15.2. The molecule has 1 rings (SSSR count). The third-order valence-electron chi connectivity index (χ3n) is 3.83. The molecule has 0 atom stereocenters. The van der Waals surface area contributed by atoms with Crippen LogP contribution in [0, 0.1) is 0 Å². The van der Waals surface area contributed by atoms with Crippen molar-refractivity contribution in [3.05, 3.63) is 24.3 Å². The molecule has 0 aliphatic heterocycles. The van der Waals surface area contributed by atoms with Crippen molar-refractivity contribution in [1.82, 2.24) is 0 Å². The van der Waals surface area contributed by atoms with Gasteiger partial charge < -0.3 is 4.74 Å². The van der Waals surface area contributed by atoms with Crippen molar-refractivity contribution in [3.8, 4) is 5.75 Å². The molecule has 0 spiro atoms. The highest BCUT2D eigenvalue weighted by Gasteiger charge is 1.96. The third-order valence-corrected chi connectivity index (χ3v) is 4.92. The van der Waals surface area contributed by atoms with Crippen LogP contribution in [0.1, 0.15) is 71.1 Å². The Labute approximate surface area is 135 Å². The van der Waals surface area contributed by atoms with E-state index in [2.05, 4.69) is 19.1 Å². The second kappa shape index (κ2) is 13.1. The van der Waals surface area contributed by atoms with Crippen LogP contribution in [-0.4, -0.2) is 12.9 Å². The van der Waals surface area contributed by atoms with Gasteiger partial charge in [-0.05, 0) is 36.4 Å². The van der Waals surface area contributed by atoms with Crippen LogP contribution in [0.3, 0.4) is 0 Å². The van der Waals surface area contributed by atoms with Gasteiger partial charge in [0, 0.05) is 4.90 Å². The van der Waals surface area contributed by atoms with Gasteiger partial charge in [0.25, 0.3) is 0 Å². The summed E-state index contributed by atoms with van der Waals surface area (Å²) in [5, 5.41) is 0. The quantitative estimate of drug-likeness (QED) is 0.296. The van der Waals surface area contributed by atoms with Crippen molar-refractivity contribution in [2.75, 3.05) is 12.9 Å². The molecule has 0 aliphatic rings. The Morgan fingerprint density at radius 3 is 1.81 bits per heavy atom. The molecule has 0 radical (unpaired) electrons. The summed E-state index contributed by atoms with van der Waals surface area (Å²) in [6.45, 7) is 2.28. The van der Waals surface area contributed by atoms with E-state index < -0.39 is 0 Å². The van der Waals surface area contributed by atoms with Gasteiger partial charge in [-0.1, -0.05) is 64.7 Å². The van der Waals surface area contributed by atoms with E-state index in [-0.39, 0.29) is 0 Å². The number of benzene rings is 1. The minimum atomic E-state index is 0.943. The number of methoxy groups -OCH3 is 1. The third kappa shape index (κ3) is 9.84. The number of thioether (sulfide) groups is 1. The van der Waals surface area contributed by atoms with Gasteiger partial charge in [-0.2, -0.15) is 0 Å². The van der Waals surface area contributed by atoms with Gasteiger partial charge in [-0.3, -0.25) is 0 Å². The average Bonchev–Trinajstić information content (AvgIpc) is 2.53. The smallest absolute Gasteiger partial charge is 0.118 e. The van der Waals surface area contributed by atoms with E-state index in [0.717, 1.165) is 5.75 Å². The highest BCUT2D eigenvalue weighted by Crippen LogP contribution is 2.22. The number of unbranched alkanes of at least 4 members (excludes halogenated alkanes) is 9. The van der Waals surface area contributed by atoms with Crippen LogP contribution in [0.2, 0.25) is 0 Å². The lowest BCUT2D eigenvalue weighted by Gasteiger charge is -2.04. The summed E-state index contributed by atoms with van der Waals surface area (Å²) in [7, 11) is 1.71. The van der Waals surface area contributed by atoms with Crippen LogP contribution in [0.15, 0.2) is 29.2 Å². The molecule has 1 nitrogen and oxygen atoms in total. The van der Waals surface area contributed by atoms with E-state index >= 15 is 0 Å². The summed E-state index contributed by atoms with van der Waals surface area (Å²) in [4.78, 5) is 1.35. The molecule has 1 aromatic carbocycles. The van der Waals surface area contributed by atoms with E-state index in [1.165, 1.54) is 74.9 Å². The molecular formula is C19H32OS. The number of ether oxygens (including phenoxy) is 1. The Balaban J connectivity index is 1.88. The fourth-order valence-electron chi connectivity index (χ4n) is 2.45. The van der Waals surface area contributed by atoms with Crippen molar-refractivity contribution in [3.63, 3.8) is 0 Å². The minimum Gasteiger partial charge on any atom is -0.497 e. The molecule has 0 aromatic heterocycles. The van der Waals surface area contributed by atoms with Gasteiger partial charge >= 0.3 is 0 Å². The van der Waals surface area contributed by atoms with Crippen LogP contribution < -0.4 is 4.74 Å². The maximum Gasteiger partial charge on any atom is 0.118 e. The van der Waals surface area contributed by atoms with Crippen LogP contribution in [-0.2, 0) is 0 Å². The topological polar surface area (TPSA) is 9.23 Å². The SMILES string of the molecule is CCCCCCCCCCCCSc1ccc(OC)cc1. The lowest BCUT2D eigenvalue weighted by Crippen LogP contribution is -1.85. The lowest BCUT2D eigenvalue weighted by atomic mass is 10.1. The highest BCUT2D eigenvalue weighted by molar-refractivity contribution is 7.99. The normalized spacial score (nSPS) is 10.8. The van der Waals surface area contributed by atoms with Crippen molar-refractivity contribution in [1.29, 1.82) is 0 Å². The molecule has 0 saturated carbocycles. The Morgan fingerprint density at radius 2 is 1.29 bits per heavy atom. The number of hydrogen-bond donors (Lipinski definition) is 0. The van der Waals surface area contributed by atoms with E-state index in [4.69, 9.17) is 4.74 Å². The molecule has 0 bridgehead atoms. The van der Waals surface area contributed by atoms with Gasteiger partial charge in [0.2, 0.25) is 0 Å². The van der Waals surface area contributed by atoms with Crippen LogP contribution in [0.25, 0.3) is 0 Å². The zero-order valence-corrected chi connectivity index (χ0v) is 14.7. The first kappa shape index (κ1) is 18.4. The standard InChI is InChI=1S/C19H32OS/c1-3-4-5-6-7-8-9-10-11-12-17-21-19-15-13-18(20-2)14-16-19/h13-16H,3-12,17H2,1-2H3. The molecule has 0 heterocycles. The van der Waals surface area contributed by atoms with Crippen LogP contribution >= 0.6 is 11.8 Å². The number of hydrogen-bond acceptors (Lipinski definition) is 2. The first-order chi connectivity index (χ1) is 10.4. The predicted molar refractivity (Wildman–Crippen MR) is 95.6 cm³/mol. The maximum atomic E-state index is 5.17. The van der Waals surface area contributed by atoms with Crippen LogP contribution in [0.4, 0.5) is 0 Å². The molecule has 0 N–H and O–H groups in total. The molecule has 0 fully saturated rings. The van der Waals surface area contributed by atoms with E-state index in [1.807, 2.05) is 23.9 Å². The summed E-state index contributed by atoms with van der Waals surface area (Å²) >= 11 is 1.96. The van der Waals surface area contributed by atoms with Crippen molar-refractivity contribution in [2.24, 2.45) is 0 Å². The average molecular weight is 309 g/mol. The summed E-state index contributed by atoms with van der Waals surface area (Å²) in [5.41, 5.74) is 0. The summed E-state index contributed by atoms with van der Waals surface area (Å²) < 4.78 is 5.17. The van der Waals surface area contributed by atoms with E-state index in [9.17, 15) is 0 Å². The number of rotatable bonds is 13. The lowest BCUT2D eigenvalue weighted by molar-refractivity contribution is 0.414. The molecule has 0 unspecified atom stereocenters.